The molecule has 3 N–H and O–H groups in total. The average molecular weight is 327 g/mol. The van der Waals surface area contributed by atoms with Crippen LogP contribution in [0.2, 0.25) is 0 Å². The molecule has 4 rings (SSSR count). The van der Waals surface area contributed by atoms with Crippen LogP contribution in [0.1, 0.15) is 0 Å². The smallest absolute Gasteiger partial charge is 0.323 e. The SMILES string of the molecule is CN1CC2CN(C(=O)Nc3nc(-n4cccn4)ccc3N)CC2C1. The summed E-state index contributed by atoms with van der Waals surface area (Å²) in [7, 11) is 2.13. The van der Waals surface area contributed by atoms with Gasteiger partial charge in [-0.1, -0.05) is 0 Å². The molecule has 2 aromatic rings. The van der Waals surface area contributed by atoms with E-state index >= 15 is 0 Å². The van der Waals surface area contributed by atoms with Crippen molar-refractivity contribution in [1.82, 2.24) is 24.6 Å². The summed E-state index contributed by atoms with van der Waals surface area (Å²) in [5.41, 5.74) is 6.41. The summed E-state index contributed by atoms with van der Waals surface area (Å²) < 4.78 is 1.63. The Morgan fingerprint density at radius 2 is 2.00 bits per heavy atom. The number of anilines is 2. The number of nitrogens with zero attached hydrogens (tertiary/aromatic N) is 5. The van der Waals surface area contributed by atoms with E-state index in [1.165, 1.54) is 0 Å². The van der Waals surface area contributed by atoms with Crippen LogP contribution >= 0.6 is 0 Å². The predicted octanol–water partition coefficient (Wildman–Crippen LogP) is 0.875. The lowest BCUT2D eigenvalue weighted by atomic mass is 10.0. The molecule has 2 amide bonds. The van der Waals surface area contributed by atoms with Crippen LogP contribution in [0.25, 0.3) is 5.82 Å². The lowest BCUT2D eigenvalue weighted by molar-refractivity contribution is 0.215. The Labute approximate surface area is 140 Å². The van der Waals surface area contributed by atoms with Crippen LogP contribution in [0, 0.1) is 11.8 Å². The average Bonchev–Trinajstić information content (AvgIpc) is 3.25. The molecular formula is C16H21N7O. The largest absolute Gasteiger partial charge is 0.396 e. The summed E-state index contributed by atoms with van der Waals surface area (Å²) in [6.07, 6.45) is 3.47. The minimum Gasteiger partial charge on any atom is -0.396 e. The molecule has 0 saturated carbocycles. The van der Waals surface area contributed by atoms with Gasteiger partial charge < -0.3 is 15.5 Å². The topological polar surface area (TPSA) is 92.3 Å². The zero-order valence-corrected chi connectivity index (χ0v) is 13.6. The van der Waals surface area contributed by atoms with Gasteiger partial charge in [-0.3, -0.25) is 5.32 Å². The second-order valence-corrected chi connectivity index (χ2v) is 6.63. The first-order valence-electron chi connectivity index (χ1n) is 8.11. The molecule has 0 aliphatic carbocycles. The van der Waals surface area contributed by atoms with Gasteiger partial charge in [0.05, 0.1) is 5.69 Å². The maximum absolute atomic E-state index is 12.6. The number of urea groups is 1. The second kappa shape index (κ2) is 5.79. The van der Waals surface area contributed by atoms with Crippen molar-refractivity contribution in [3.63, 3.8) is 0 Å². The fraction of sp³-hybridized carbons (Fsp3) is 0.438. The van der Waals surface area contributed by atoms with Gasteiger partial charge in [-0.05, 0) is 37.1 Å². The van der Waals surface area contributed by atoms with Crippen LogP contribution in [0.3, 0.4) is 0 Å². The van der Waals surface area contributed by atoms with Crippen LogP contribution in [-0.4, -0.2) is 63.8 Å². The minimum atomic E-state index is -0.135. The number of carbonyl (C=O) groups excluding carboxylic acids is 1. The normalized spacial score (nSPS) is 23.5. The summed E-state index contributed by atoms with van der Waals surface area (Å²) >= 11 is 0. The first kappa shape index (κ1) is 14.9. The van der Waals surface area contributed by atoms with Crippen molar-refractivity contribution in [2.75, 3.05) is 44.3 Å². The van der Waals surface area contributed by atoms with Crippen molar-refractivity contribution in [1.29, 1.82) is 0 Å². The molecule has 2 atom stereocenters. The number of pyridine rings is 1. The van der Waals surface area contributed by atoms with E-state index in [1.54, 1.807) is 29.2 Å². The Kier molecular flexibility index (Phi) is 3.61. The van der Waals surface area contributed by atoms with E-state index in [9.17, 15) is 4.79 Å². The van der Waals surface area contributed by atoms with Crippen molar-refractivity contribution in [3.05, 3.63) is 30.6 Å². The summed E-state index contributed by atoms with van der Waals surface area (Å²) in [4.78, 5) is 21.2. The number of amides is 2. The molecule has 8 heteroatoms. The van der Waals surface area contributed by atoms with Crippen molar-refractivity contribution in [2.45, 2.75) is 0 Å². The van der Waals surface area contributed by atoms with Crippen molar-refractivity contribution in [2.24, 2.45) is 11.8 Å². The molecule has 2 aliphatic heterocycles. The van der Waals surface area contributed by atoms with Gasteiger partial charge in [-0.25, -0.2) is 14.5 Å². The highest BCUT2D eigenvalue weighted by atomic mass is 16.2. The Morgan fingerprint density at radius 3 is 2.67 bits per heavy atom. The molecule has 2 fully saturated rings. The number of hydrogen-bond donors (Lipinski definition) is 2. The van der Waals surface area contributed by atoms with Crippen LogP contribution in [-0.2, 0) is 0 Å². The van der Waals surface area contributed by atoms with E-state index in [0.29, 0.717) is 29.2 Å². The van der Waals surface area contributed by atoms with Gasteiger partial charge in [0.25, 0.3) is 0 Å². The molecule has 0 bridgehead atoms. The lowest BCUT2D eigenvalue weighted by Crippen LogP contribution is -2.36. The van der Waals surface area contributed by atoms with Gasteiger partial charge in [-0.2, -0.15) is 5.10 Å². The van der Waals surface area contributed by atoms with Gasteiger partial charge in [0.2, 0.25) is 0 Å². The number of carbonyl (C=O) groups is 1. The monoisotopic (exact) mass is 327 g/mol. The Hall–Kier alpha value is -2.61. The molecule has 0 spiro atoms. The van der Waals surface area contributed by atoms with Gasteiger partial charge in [0, 0.05) is 38.6 Å². The Balaban J connectivity index is 1.47. The summed E-state index contributed by atoms with van der Waals surface area (Å²) in [6.45, 7) is 3.70. The number of rotatable bonds is 2. The first-order valence-corrected chi connectivity index (χ1v) is 8.11. The summed E-state index contributed by atoms with van der Waals surface area (Å²) in [6, 6.07) is 5.18. The van der Waals surface area contributed by atoms with E-state index in [2.05, 4.69) is 27.3 Å². The van der Waals surface area contributed by atoms with E-state index in [4.69, 9.17) is 5.73 Å². The predicted molar refractivity (Wildman–Crippen MR) is 90.8 cm³/mol. The number of nitrogen functional groups attached to an aromatic ring is 1. The minimum absolute atomic E-state index is 0.135. The van der Waals surface area contributed by atoms with Gasteiger partial charge in [0.1, 0.15) is 0 Å². The van der Waals surface area contributed by atoms with Gasteiger partial charge >= 0.3 is 6.03 Å². The lowest BCUT2D eigenvalue weighted by Gasteiger charge is -2.20. The molecule has 2 aromatic heterocycles. The quantitative estimate of drug-likeness (QED) is 0.854. The van der Waals surface area contributed by atoms with E-state index in [0.717, 1.165) is 26.2 Å². The molecule has 2 aliphatic rings. The highest BCUT2D eigenvalue weighted by Gasteiger charge is 2.40. The molecular weight excluding hydrogens is 306 g/mol. The summed E-state index contributed by atoms with van der Waals surface area (Å²) in [5, 5.41) is 7.00. The van der Waals surface area contributed by atoms with Crippen LogP contribution in [0.5, 0.6) is 0 Å². The highest BCUT2D eigenvalue weighted by Crippen LogP contribution is 2.30. The maximum atomic E-state index is 12.6. The zero-order valence-electron chi connectivity index (χ0n) is 13.6. The van der Waals surface area contributed by atoms with Gasteiger partial charge in [-0.15, -0.1) is 0 Å². The molecule has 0 radical (unpaired) electrons. The molecule has 2 saturated heterocycles. The fourth-order valence-corrected chi connectivity index (χ4v) is 3.67. The maximum Gasteiger partial charge on any atom is 0.323 e. The third-order valence-corrected chi connectivity index (χ3v) is 4.83. The van der Waals surface area contributed by atoms with Crippen LogP contribution < -0.4 is 11.1 Å². The molecule has 126 valence electrons. The van der Waals surface area contributed by atoms with Crippen molar-refractivity contribution in [3.8, 4) is 5.82 Å². The fourth-order valence-electron chi connectivity index (χ4n) is 3.67. The van der Waals surface area contributed by atoms with Crippen molar-refractivity contribution < 1.29 is 4.79 Å². The molecule has 0 aromatic carbocycles. The first-order chi connectivity index (χ1) is 11.6. The number of likely N-dealkylation sites (tertiary alicyclic amines) is 2. The molecule has 8 nitrogen and oxygen atoms in total. The third-order valence-electron chi connectivity index (χ3n) is 4.83. The molecule has 24 heavy (non-hydrogen) atoms. The number of hydrogen-bond acceptors (Lipinski definition) is 5. The van der Waals surface area contributed by atoms with Crippen LogP contribution in [0.4, 0.5) is 16.3 Å². The van der Waals surface area contributed by atoms with E-state index in [1.807, 2.05) is 11.0 Å². The zero-order chi connectivity index (χ0) is 16.7. The van der Waals surface area contributed by atoms with Crippen LogP contribution in [0.15, 0.2) is 30.6 Å². The highest BCUT2D eigenvalue weighted by molar-refractivity contribution is 5.91. The van der Waals surface area contributed by atoms with Crippen molar-refractivity contribution >= 4 is 17.5 Å². The van der Waals surface area contributed by atoms with Gasteiger partial charge in [0.15, 0.2) is 11.6 Å². The molecule has 4 heterocycles. The van der Waals surface area contributed by atoms with E-state index < -0.39 is 0 Å². The number of aromatic nitrogens is 3. The number of nitrogens with one attached hydrogen (secondary N) is 1. The Bertz CT molecular complexity index is 731. The second-order valence-electron chi connectivity index (χ2n) is 6.63. The number of nitrogens with two attached hydrogens (primary N) is 1. The molecule has 2 unspecified atom stereocenters. The number of fused-ring (bicyclic) bond motifs is 1. The standard InChI is InChI=1S/C16H21N7O/c1-21-7-11-9-22(10-12(11)8-21)16(24)20-15-13(17)3-4-14(19-15)23-6-2-5-18-23/h2-6,11-12H,7-10,17H2,1H3,(H,19,20,24). The summed E-state index contributed by atoms with van der Waals surface area (Å²) in [5.74, 6) is 2.13. The Morgan fingerprint density at radius 1 is 1.25 bits per heavy atom. The van der Waals surface area contributed by atoms with E-state index in [-0.39, 0.29) is 6.03 Å². The third kappa shape index (κ3) is 2.69.